The maximum atomic E-state index is 13.3. The molecule has 7 heteroatoms. The van der Waals surface area contributed by atoms with Crippen LogP contribution >= 0.6 is 0 Å². The van der Waals surface area contributed by atoms with Crippen LogP contribution in [0.1, 0.15) is 38.2 Å². The van der Waals surface area contributed by atoms with Crippen molar-refractivity contribution in [1.82, 2.24) is 5.32 Å². The third-order valence-electron chi connectivity index (χ3n) is 3.67. The number of esters is 1. The Morgan fingerprint density at radius 3 is 2.30 bits per heavy atom. The zero-order chi connectivity index (χ0) is 16.9. The minimum atomic E-state index is -2.81. The van der Waals surface area contributed by atoms with Crippen LogP contribution in [0, 0.1) is 0 Å². The number of ether oxygens (including phenoxy) is 2. The number of alkyl halides is 2. The Morgan fingerprint density at radius 2 is 1.74 bits per heavy atom. The Bertz CT molecular complexity index is 552. The van der Waals surface area contributed by atoms with E-state index in [1.54, 1.807) is 24.3 Å². The molecule has 2 rings (SSSR count). The fraction of sp³-hybridized carbons (Fsp3) is 0.500. The van der Waals surface area contributed by atoms with E-state index in [0.29, 0.717) is 0 Å². The lowest BCUT2D eigenvalue weighted by atomic mass is 9.88. The molecule has 1 aromatic rings. The number of amides is 1. The molecular weight excluding hydrogens is 308 g/mol. The van der Waals surface area contributed by atoms with Crippen LogP contribution in [0.15, 0.2) is 30.3 Å². The van der Waals surface area contributed by atoms with Gasteiger partial charge in [-0.05, 0) is 5.56 Å². The number of nitrogens with one attached hydrogen (secondary N) is 1. The second-order valence-electron chi connectivity index (χ2n) is 5.63. The standard InChI is InChI=1S/C16H19F2NO4/c1-12(20)23-16(9-7-15(17,18)8-10-16)19-14(21)22-11-13-5-3-2-4-6-13/h2-6H,7-11H2,1H3,(H,19,21). The van der Waals surface area contributed by atoms with Crippen molar-refractivity contribution in [3.63, 3.8) is 0 Å². The number of benzene rings is 1. The first-order valence-electron chi connectivity index (χ1n) is 7.37. The molecule has 0 spiro atoms. The van der Waals surface area contributed by atoms with Gasteiger partial charge in [0.2, 0.25) is 5.92 Å². The summed E-state index contributed by atoms with van der Waals surface area (Å²) in [4.78, 5) is 23.2. The van der Waals surface area contributed by atoms with Crippen molar-refractivity contribution < 1.29 is 27.8 Å². The van der Waals surface area contributed by atoms with Crippen LogP contribution in [0.4, 0.5) is 13.6 Å². The summed E-state index contributed by atoms with van der Waals surface area (Å²) in [6.07, 6.45) is -2.03. The molecule has 0 heterocycles. The van der Waals surface area contributed by atoms with Gasteiger partial charge in [0.15, 0.2) is 5.72 Å². The predicted octanol–water partition coefficient (Wildman–Crippen LogP) is 3.38. The molecule has 0 unspecified atom stereocenters. The van der Waals surface area contributed by atoms with Gasteiger partial charge in [0.25, 0.3) is 0 Å². The molecule has 0 bridgehead atoms. The summed E-state index contributed by atoms with van der Waals surface area (Å²) in [6, 6.07) is 9.02. The molecule has 0 aromatic heterocycles. The highest BCUT2D eigenvalue weighted by molar-refractivity contribution is 5.70. The number of hydrogen-bond donors (Lipinski definition) is 1. The molecule has 5 nitrogen and oxygen atoms in total. The number of rotatable bonds is 4. The van der Waals surface area contributed by atoms with Crippen molar-refractivity contribution >= 4 is 12.1 Å². The quantitative estimate of drug-likeness (QED) is 0.680. The number of hydrogen-bond acceptors (Lipinski definition) is 4. The summed E-state index contributed by atoms with van der Waals surface area (Å²) in [7, 11) is 0. The summed E-state index contributed by atoms with van der Waals surface area (Å²) in [5.41, 5.74) is -0.638. The molecular formula is C16H19F2NO4. The van der Waals surface area contributed by atoms with Crippen molar-refractivity contribution in [2.24, 2.45) is 0 Å². The predicted molar refractivity (Wildman–Crippen MR) is 77.7 cm³/mol. The zero-order valence-corrected chi connectivity index (χ0v) is 12.8. The van der Waals surface area contributed by atoms with Crippen molar-refractivity contribution in [2.45, 2.75) is 50.9 Å². The number of carbonyl (C=O) groups excluding carboxylic acids is 2. The molecule has 0 saturated heterocycles. The van der Waals surface area contributed by atoms with E-state index in [9.17, 15) is 18.4 Å². The zero-order valence-electron chi connectivity index (χ0n) is 12.8. The van der Waals surface area contributed by atoms with Crippen molar-refractivity contribution in [3.8, 4) is 0 Å². The first-order valence-corrected chi connectivity index (χ1v) is 7.37. The molecule has 1 aliphatic rings. The van der Waals surface area contributed by atoms with Gasteiger partial charge in [-0.1, -0.05) is 30.3 Å². The van der Waals surface area contributed by atoms with Gasteiger partial charge in [0.1, 0.15) is 6.61 Å². The highest BCUT2D eigenvalue weighted by Crippen LogP contribution is 2.39. The van der Waals surface area contributed by atoms with E-state index in [-0.39, 0.29) is 19.4 Å². The first-order chi connectivity index (χ1) is 10.8. The summed E-state index contributed by atoms with van der Waals surface area (Å²) >= 11 is 0. The number of carbonyl (C=O) groups is 2. The van der Waals surface area contributed by atoms with Crippen molar-refractivity contribution in [3.05, 3.63) is 35.9 Å². The highest BCUT2D eigenvalue weighted by atomic mass is 19.3. The fourth-order valence-electron chi connectivity index (χ4n) is 2.49. The molecule has 23 heavy (non-hydrogen) atoms. The molecule has 1 aromatic carbocycles. The molecule has 1 fully saturated rings. The van der Waals surface area contributed by atoms with Crippen LogP contribution in [0.3, 0.4) is 0 Å². The van der Waals surface area contributed by atoms with Crippen LogP contribution in [0.25, 0.3) is 0 Å². The Balaban J connectivity index is 1.95. The molecule has 0 aliphatic heterocycles. The average molecular weight is 327 g/mol. The van der Waals surface area contributed by atoms with E-state index in [1.807, 2.05) is 6.07 Å². The maximum Gasteiger partial charge on any atom is 0.410 e. The summed E-state index contributed by atoms with van der Waals surface area (Å²) in [6.45, 7) is 1.21. The maximum absolute atomic E-state index is 13.3. The second-order valence-corrected chi connectivity index (χ2v) is 5.63. The topological polar surface area (TPSA) is 64.6 Å². The van der Waals surface area contributed by atoms with Gasteiger partial charge < -0.3 is 9.47 Å². The van der Waals surface area contributed by atoms with E-state index >= 15 is 0 Å². The molecule has 1 N–H and O–H groups in total. The first kappa shape index (κ1) is 17.2. The summed E-state index contributed by atoms with van der Waals surface area (Å²) in [5, 5.41) is 2.43. The van der Waals surface area contributed by atoms with E-state index < -0.39 is 36.6 Å². The Labute approximate surface area is 133 Å². The molecule has 1 aliphatic carbocycles. The largest absolute Gasteiger partial charge is 0.445 e. The fourth-order valence-corrected chi connectivity index (χ4v) is 2.49. The van der Waals surface area contributed by atoms with Crippen molar-refractivity contribution in [1.29, 1.82) is 0 Å². The van der Waals surface area contributed by atoms with Gasteiger partial charge in [0.05, 0.1) is 0 Å². The SMILES string of the molecule is CC(=O)OC1(NC(=O)OCc2ccccc2)CCC(F)(F)CC1. The molecule has 1 amide bonds. The second kappa shape index (κ2) is 6.93. The minimum Gasteiger partial charge on any atom is -0.445 e. The van der Waals surface area contributed by atoms with Gasteiger partial charge in [-0.25, -0.2) is 13.6 Å². The van der Waals surface area contributed by atoms with Gasteiger partial charge in [-0.2, -0.15) is 0 Å². The Hall–Kier alpha value is -2.18. The number of alkyl carbamates (subject to hydrolysis) is 1. The molecule has 1 saturated carbocycles. The lowest BCUT2D eigenvalue weighted by Crippen LogP contribution is -2.55. The van der Waals surface area contributed by atoms with Crippen molar-refractivity contribution in [2.75, 3.05) is 0 Å². The third kappa shape index (κ3) is 5.19. The van der Waals surface area contributed by atoms with E-state index in [0.717, 1.165) is 5.56 Å². The summed E-state index contributed by atoms with van der Waals surface area (Å²) in [5.74, 6) is -3.45. The Morgan fingerprint density at radius 1 is 1.13 bits per heavy atom. The lowest BCUT2D eigenvalue weighted by Gasteiger charge is -2.39. The highest BCUT2D eigenvalue weighted by Gasteiger charge is 2.46. The van der Waals surface area contributed by atoms with Crippen LogP contribution in [0.5, 0.6) is 0 Å². The molecule has 0 radical (unpaired) electrons. The van der Waals surface area contributed by atoms with E-state index in [1.165, 1.54) is 6.92 Å². The third-order valence-corrected chi connectivity index (χ3v) is 3.67. The average Bonchev–Trinajstić information content (AvgIpc) is 2.49. The van der Waals surface area contributed by atoms with Crippen LogP contribution in [0.2, 0.25) is 0 Å². The smallest absolute Gasteiger partial charge is 0.410 e. The normalized spacial score (nSPS) is 18.7. The van der Waals surface area contributed by atoms with Crippen LogP contribution in [-0.2, 0) is 20.9 Å². The van der Waals surface area contributed by atoms with Crippen LogP contribution < -0.4 is 5.32 Å². The van der Waals surface area contributed by atoms with E-state index in [4.69, 9.17) is 9.47 Å². The van der Waals surface area contributed by atoms with E-state index in [2.05, 4.69) is 5.32 Å². The van der Waals surface area contributed by atoms with Gasteiger partial charge in [-0.15, -0.1) is 0 Å². The number of halogens is 2. The van der Waals surface area contributed by atoms with Gasteiger partial charge in [0, 0.05) is 32.6 Å². The molecule has 126 valence electrons. The van der Waals surface area contributed by atoms with Crippen LogP contribution in [-0.4, -0.2) is 23.7 Å². The lowest BCUT2D eigenvalue weighted by molar-refractivity contribution is -0.175. The monoisotopic (exact) mass is 327 g/mol. The minimum absolute atomic E-state index is 0.0407. The van der Waals surface area contributed by atoms with Gasteiger partial charge in [-0.3, -0.25) is 10.1 Å². The molecule has 0 atom stereocenters. The Kier molecular flexibility index (Phi) is 5.18. The van der Waals surface area contributed by atoms with Gasteiger partial charge >= 0.3 is 12.1 Å². The summed E-state index contributed by atoms with van der Waals surface area (Å²) < 4.78 is 36.8.